The fraction of sp³-hybridized carbons (Fsp3) is 0.812. The number of unbranched alkanes of at least 4 members (excludes halogenated alkanes) is 13. The third-order valence-corrected chi connectivity index (χ3v) is 7.66. The van der Waals surface area contributed by atoms with Crippen LogP contribution >= 0.6 is 0 Å². The van der Waals surface area contributed by atoms with Crippen LogP contribution in [0, 0.1) is 0 Å². The lowest BCUT2D eigenvalue weighted by Crippen LogP contribution is -2.48. The number of nitrogens with two attached hydrogens (primary N) is 1. The van der Waals surface area contributed by atoms with Crippen LogP contribution in [0.2, 0.25) is 0 Å². The predicted molar refractivity (Wildman–Crippen MR) is 170 cm³/mol. The summed E-state index contributed by atoms with van der Waals surface area (Å²) in [5.74, 6) is -5.11. The zero-order valence-electron chi connectivity index (χ0n) is 27.2. The van der Waals surface area contributed by atoms with Crippen molar-refractivity contribution in [2.24, 2.45) is 5.73 Å². The van der Waals surface area contributed by atoms with Crippen molar-refractivity contribution >= 4 is 35.6 Å². The molecule has 8 N–H and O–H groups in total. The summed E-state index contributed by atoms with van der Waals surface area (Å²) in [5.41, 5.74) is 5.80. The predicted octanol–water partition coefficient (Wildman–Crippen LogP) is 3.87. The van der Waals surface area contributed by atoms with Crippen molar-refractivity contribution in [3.63, 3.8) is 0 Å². The Morgan fingerprint density at radius 3 is 1.56 bits per heavy atom. The zero-order valence-corrected chi connectivity index (χ0v) is 27.2. The average Bonchev–Trinajstić information content (AvgIpc) is 2.98. The summed E-state index contributed by atoms with van der Waals surface area (Å²) in [5, 5.41) is 34.7. The molecule has 260 valence electrons. The quantitative estimate of drug-likeness (QED) is 0.0560. The Morgan fingerprint density at radius 2 is 1.04 bits per heavy atom. The van der Waals surface area contributed by atoms with Gasteiger partial charge in [-0.1, -0.05) is 84.0 Å². The molecule has 13 heteroatoms. The summed E-state index contributed by atoms with van der Waals surface area (Å²) in [6, 6.07) is -3.49. The molecule has 0 rings (SSSR count). The van der Waals surface area contributed by atoms with Crippen LogP contribution in [-0.4, -0.2) is 75.6 Å². The third-order valence-electron chi connectivity index (χ3n) is 7.66. The van der Waals surface area contributed by atoms with Gasteiger partial charge in [-0.15, -0.1) is 0 Å². The van der Waals surface area contributed by atoms with E-state index < -0.39 is 48.4 Å². The largest absolute Gasteiger partial charge is 0.481 e. The maximum absolute atomic E-state index is 12.2. The molecule has 0 fully saturated rings. The molecule has 0 unspecified atom stereocenters. The number of hydrogen-bond acceptors (Lipinski definition) is 7. The van der Waals surface area contributed by atoms with Crippen molar-refractivity contribution < 1.29 is 44.1 Å². The summed E-state index contributed by atoms with van der Waals surface area (Å²) in [6.07, 6.45) is 16.1. The van der Waals surface area contributed by atoms with Gasteiger partial charge in [0.05, 0.1) is 6.04 Å². The van der Waals surface area contributed by atoms with Crippen molar-refractivity contribution in [1.82, 2.24) is 16.0 Å². The molecule has 0 aliphatic heterocycles. The van der Waals surface area contributed by atoms with E-state index >= 15 is 0 Å². The molecule has 45 heavy (non-hydrogen) atoms. The highest BCUT2D eigenvalue weighted by molar-refractivity contribution is 5.87. The third kappa shape index (κ3) is 24.7. The van der Waals surface area contributed by atoms with Gasteiger partial charge < -0.3 is 37.0 Å². The van der Waals surface area contributed by atoms with Gasteiger partial charge in [-0.25, -0.2) is 9.59 Å². The van der Waals surface area contributed by atoms with Gasteiger partial charge >= 0.3 is 17.9 Å². The van der Waals surface area contributed by atoms with Crippen LogP contribution in [0.5, 0.6) is 0 Å². The Morgan fingerprint density at radius 1 is 0.556 bits per heavy atom. The first kappa shape index (κ1) is 41.8. The smallest absolute Gasteiger partial charge is 0.326 e. The van der Waals surface area contributed by atoms with E-state index in [-0.39, 0.29) is 50.5 Å². The highest BCUT2D eigenvalue weighted by Crippen LogP contribution is 2.13. The van der Waals surface area contributed by atoms with Crippen molar-refractivity contribution in [3.05, 3.63) is 0 Å². The van der Waals surface area contributed by atoms with Crippen molar-refractivity contribution in [2.75, 3.05) is 6.54 Å². The van der Waals surface area contributed by atoms with Crippen LogP contribution in [-0.2, 0) is 28.8 Å². The molecule has 0 aromatic rings. The summed E-state index contributed by atoms with van der Waals surface area (Å²) in [4.78, 5) is 70.0. The molecule has 0 aliphatic rings. The first-order chi connectivity index (χ1) is 21.5. The van der Waals surface area contributed by atoms with Gasteiger partial charge in [0.2, 0.25) is 17.7 Å². The Bertz CT molecular complexity index is 885. The normalized spacial score (nSPS) is 12.9. The van der Waals surface area contributed by atoms with Crippen molar-refractivity contribution in [1.29, 1.82) is 0 Å². The van der Waals surface area contributed by atoms with Crippen molar-refractivity contribution in [2.45, 2.75) is 160 Å². The van der Waals surface area contributed by atoms with Crippen molar-refractivity contribution in [3.8, 4) is 0 Å². The van der Waals surface area contributed by atoms with E-state index in [1.807, 2.05) is 0 Å². The second-order valence-electron chi connectivity index (χ2n) is 11.8. The molecular formula is C32H58N4O9. The van der Waals surface area contributed by atoms with Gasteiger partial charge in [0, 0.05) is 25.8 Å². The summed E-state index contributed by atoms with van der Waals surface area (Å²) >= 11 is 0. The molecule has 0 aromatic heterocycles. The Balaban J connectivity index is 4.02. The van der Waals surface area contributed by atoms with E-state index in [4.69, 9.17) is 15.9 Å². The lowest BCUT2D eigenvalue weighted by atomic mass is 10.0. The molecule has 0 radical (unpaired) electrons. The standard InChI is InChI=1S/C32H58N4O9/c1-2-3-4-5-6-7-8-9-10-11-12-13-14-18-28(38)35-25(31(42)43)19-21-27(37)34-23-16-15-17-24(33)30(41)36-26(32(44)45)20-22-29(39)40/h24-26H,2-23,33H2,1H3,(H,34,37)(H,35,38)(H,36,41)(H,39,40)(H,42,43)(H,44,45)/t24-,25-,26-/m0/s1. The van der Waals surface area contributed by atoms with E-state index in [2.05, 4.69) is 22.9 Å². The Labute approximate surface area is 267 Å². The number of carbonyl (C=O) groups excluding carboxylic acids is 3. The van der Waals surface area contributed by atoms with E-state index in [0.717, 1.165) is 19.3 Å². The SMILES string of the molecule is CCCCCCCCCCCCCCCC(=O)N[C@@H](CCC(=O)NCCCC[C@H](N)C(=O)N[C@@H](CCC(=O)O)C(=O)O)C(=O)O. The maximum Gasteiger partial charge on any atom is 0.326 e. The number of carbonyl (C=O) groups is 6. The topological polar surface area (TPSA) is 225 Å². The van der Waals surface area contributed by atoms with Crippen LogP contribution in [0.4, 0.5) is 0 Å². The fourth-order valence-electron chi connectivity index (χ4n) is 4.84. The highest BCUT2D eigenvalue weighted by Gasteiger charge is 2.24. The average molecular weight is 643 g/mol. The number of aliphatic carboxylic acids is 3. The zero-order chi connectivity index (χ0) is 33.9. The molecule has 0 bridgehead atoms. The van der Waals surface area contributed by atoms with Gasteiger partial charge in [-0.3, -0.25) is 19.2 Å². The molecule has 3 amide bonds. The second kappa shape index (κ2) is 27.1. The summed E-state index contributed by atoms with van der Waals surface area (Å²) < 4.78 is 0. The van der Waals surface area contributed by atoms with Gasteiger partial charge in [0.15, 0.2) is 0 Å². The van der Waals surface area contributed by atoms with Crippen LogP contribution in [0.3, 0.4) is 0 Å². The summed E-state index contributed by atoms with van der Waals surface area (Å²) in [7, 11) is 0. The number of rotatable bonds is 30. The van der Waals surface area contributed by atoms with Crippen LogP contribution in [0.15, 0.2) is 0 Å². The molecule has 0 aliphatic carbocycles. The fourth-order valence-corrected chi connectivity index (χ4v) is 4.84. The van der Waals surface area contributed by atoms with Crippen LogP contribution < -0.4 is 21.7 Å². The number of amides is 3. The molecule has 0 aromatic carbocycles. The maximum atomic E-state index is 12.2. The first-order valence-corrected chi connectivity index (χ1v) is 16.8. The lowest BCUT2D eigenvalue weighted by Gasteiger charge is -2.17. The molecule has 0 saturated carbocycles. The lowest BCUT2D eigenvalue weighted by molar-refractivity contribution is -0.143. The first-order valence-electron chi connectivity index (χ1n) is 16.8. The van der Waals surface area contributed by atoms with Gasteiger partial charge in [0.25, 0.3) is 0 Å². The molecule has 0 saturated heterocycles. The molecule has 3 atom stereocenters. The Hall–Kier alpha value is -3.22. The minimum Gasteiger partial charge on any atom is -0.481 e. The van der Waals surface area contributed by atoms with E-state index in [0.29, 0.717) is 19.3 Å². The molecule has 0 spiro atoms. The summed E-state index contributed by atoms with van der Waals surface area (Å²) in [6.45, 7) is 2.50. The Kier molecular flexibility index (Phi) is 25.2. The van der Waals surface area contributed by atoms with Gasteiger partial charge in [-0.05, 0) is 38.5 Å². The van der Waals surface area contributed by atoms with E-state index in [1.165, 1.54) is 57.8 Å². The van der Waals surface area contributed by atoms with E-state index in [9.17, 15) is 33.9 Å². The van der Waals surface area contributed by atoms with Gasteiger partial charge in [-0.2, -0.15) is 0 Å². The minimum atomic E-state index is -1.35. The van der Waals surface area contributed by atoms with E-state index in [1.54, 1.807) is 0 Å². The number of hydrogen-bond donors (Lipinski definition) is 7. The molecular weight excluding hydrogens is 584 g/mol. The second-order valence-corrected chi connectivity index (χ2v) is 11.8. The number of carboxylic acid groups (broad SMARTS) is 3. The molecule has 0 heterocycles. The number of carboxylic acids is 3. The van der Waals surface area contributed by atoms with Crippen LogP contribution in [0.1, 0.15) is 142 Å². The minimum absolute atomic E-state index is 0.0385. The monoisotopic (exact) mass is 642 g/mol. The highest BCUT2D eigenvalue weighted by atomic mass is 16.4. The number of nitrogens with one attached hydrogen (secondary N) is 3. The van der Waals surface area contributed by atoms with Crippen LogP contribution in [0.25, 0.3) is 0 Å². The molecule has 13 nitrogen and oxygen atoms in total. The van der Waals surface area contributed by atoms with Gasteiger partial charge in [0.1, 0.15) is 12.1 Å².